The first-order valence-corrected chi connectivity index (χ1v) is 10.8. The number of ketones is 1. The van der Waals surface area contributed by atoms with Gasteiger partial charge in [0.1, 0.15) is 23.9 Å². The summed E-state index contributed by atoms with van der Waals surface area (Å²) in [6.07, 6.45) is 5.78. The van der Waals surface area contributed by atoms with E-state index in [1.54, 1.807) is 12.2 Å². The first-order chi connectivity index (χ1) is 14.3. The Morgan fingerprint density at radius 1 is 1.27 bits per heavy atom. The van der Waals surface area contributed by atoms with Crippen molar-refractivity contribution >= 4 is 17.4 Å². The van der Waals surface area contributed by atoms with E-state index in [9.17, 15) is 4.79 Å². The van der Waals surface area contributed by atoms with Gasteiger partial charge in [-0.25, -0.2) is 0 Å². The molecule has 3 rings (SSSR count). The average Bonchev–Trinajstić information content (AvgIpc) is 2.78. The molecule has 1 aliphatic carbocycles. The van der Waals surface area contributed by atoms with Crippen molar-refractivity contribution in [3.8, 4) is 5.75 Å². The Labute approximate surface area is 184 Å². The van der Waals surface area contributed by atoms with Crippen LogP contribution in [0.5, 0.6) is 5.75 Å². The number of carbonyl (C=O) groups is 1. The second-order valence-electron chi connectivity index (χ2n) is 8.05. The van der Waals surface area contributed by atoms with Gasteiger partial charge in [0.05, 0.1) is 0 Å². The maximum absolute atomic E-state index is 13.3. The van der Waals surface area contributed by atoms with E-state index in [-0.39, 0.29) is 5.78 Å². The predicted molar refractivity (Wildman–Crippen MR) is 122 cm³/mol. The molecule has 4 nitrogen and oxygen atoms in total. The van der Waals surface area contributed by atoms with E-state index in [4.69, 9.17) is 21.1 Å². The van der Waals surface area contributed by atoms with Crippen LogP contribution in [0.3, 0.4) is 0 Å². The lowest BCUT2D eigenvalue weighted by Gasteiger charge is -2.36. The smallest absolute Gasteiger partial charge is 0.193 e. The second-order valence-corrected chi connectivity index (χ2v) is 8.49. The third-order valence-electron chi connectivity index (χ3n) is 5.73. The van der Waals surface area contributed by atoms with E-state index in [0.29, 0.717) is 40.7 Å². The molecule has 0 fully saturated rings. The molecule has 0 amide bonds. The van der Waals surface area contributed by atoms with E-state index in [0.717, 1.165) is 30.9 Å². The Bertz CT molecular complexity index is 936. The molecule has 160 valence electrons. The van der Waals surface area contributed by atoms with Crippen LogP contribution in [0, 0.1) is 0 Å². The Morgan fingerprint density at radius 3 is 2.70 bits per heavy atom. The minimum absolute atomic E-state index is 0.0236. The zero-order valence-electron chi connectivity index (χ0n) is 18.3. The van der Waals surface area contributed by atoms with Gasteiger partial charge >= 0.3 is 0 Å². The first kappa shape index (κ1) is 22.4. The number of carbonyl (C=O) groups excluding carboxylic acids is 1. The van der Waals surface area contributed by atoms with Crippen LogP contribution in [0.4, 0.5) is 0 Å². The fourth-order valence-corrected chi connectivity index (χ4v) is 4.16. The molecular formula is C25H30ClNO3. The predicted octanol–water partition coefficient (Wildman–Crippen LogP) is 5.75. The Kier molecular flexibility index (Phi) is 6.89. The molecule has 0 unspecified atom stereocenters. The van der Waals surface area contributed by atoms with Crippen molar-refractivity contribution in [1.29, 1.82) is 0 Å². The molecule has 1 aromatic rings. The topological polar surface area (TPSA) is 38.8 Å². The van der Waals surface area contributed by atoms with E-state index in [1.807, 2.05) is 24.3 Å². The van der Waals surface area contributed by atoms with Gasteiger partial charge in [-0.15, -0.1) is 0 Å². The van der Waals surface area contributed by atoms with Gasteiger partial charge in [-0.3, -0.25) is 4.79 Å². The lowest BCUT2D eigenvalue weighted by Crippen LogP contribution is -2.32. The molecule has 5 heteroatoms. The number of benzene rings is 1. The first-order valence-electron chi connectivity index (χ1n) is 10.5. The van der Waals surface area contributed by atoms with Crippen molar-refractivity contribution in [3.63, 3.8) is 0 Å². The van der Waals surface area contributed by atoms with E-state index < -0.39 is 5.41 Å². The number of allylic oxidation sites excluding steroid dienone is 6. The zero-order valence-corrected chi connectivity index (χ0v) is 19.0. The molecule has 1 aromatic carbocycles. The Balaban J connectivity index is 1.92. The summed E-state index contributed by atoms with van der Waals surface area (Å²) in [5, 5.41) is 0.520. The minimum atomic E-state index is -0.516. The summed E-state index contributed by atoms with van der Waals surface area (Å²) >= 11 is 6.18. The van der Waals surface area contributed by atoms with Crippen LogP contribution in [-0.2, 0) is 10.2 Å². The van der Waals surface area contributed by atoms with Crippen molar-refractivity contribution in [2.24, 2.45) is 0 Å². The summed E-state index contributed by atoms with van der Waals surface area (Å²) in [4.78, 5) is 15.6. The third-order valence-corrected chi connectivity index (χ3v) is 5.96. The number of nitrogens with zero attached hydrogens (tertiary/aromatic N) is 1. The lowest BCUT2D eigenvalue weighted by atomic mass is 9.71. The number of hydrogen-bond donors (Lipinski definition) is 0. The molecule has 0 spiro atoms. The summed E-state index contributed by atoms with van der Waals surface area (Å²) in [5.41, 5.74) is 1.71. The van der Waals surface area contributed by atoms with Crippen LogP contribution < -0.4 is 4.74 Å². The average molecular weight is 428 g/mol. The number of Topliss-reactive ketones (excluding diaryl/α,β-unsaturated/α-hetero) is 1. The molecule has 0 atom stereocenters. The fourth-order valence-electron chi connectivity index (χ4n) is 3.95. The van der Waals surface area contributed by atoms with Crippen molar-refractivity contribution in [2.45, 2.75) is 39.5 Å². The molecule has 0 N–H and O–H groups in total. The highest BCUT2D eigenvalue weighted by atomic mass is 35.5. The van der Waals surface area contributed by atoms with Gasteiger partial charge < -0.3 is 14.4 Å². The van der Waals surface area contributed by atoms with Gasteiger partial charge in [0.2, 0.25) is 0 Å². The number of hydrogen-bond acceptors (Lipinski definition) is 4. The summed E-state index contributed by atoms with van der Waals surface area (Å²) in [5.74, 6) is 1.77. The number of ether oxygens (including phenoxy) is 2. The maximum Gasteiger partial charge on any atom is 0.193 e. The van der Waals surface area contributed by atoms with Crippen LogP contribution in [0.15, 0.2) is 65.1 Å². The van der Waals surface area contributed by atoms with Gasteiger partial charge in [0.15, 0.2) is 5.78 Å². The molecule has 1 aliphatic heterocycles. The third kappa shape index (κ3) is 4.55. The normalized spacial score (nSPS) is 20.9. The maximum atomic E-state index is 13.3. The molecule has 0 radical (unpaired) electrons. The van der Waals surface area contributed by atoms with Crippen molar-refractivity contribution in [2.75, 3.05) is 26.2 Å². The van der Waals surface area contributed by atoms with Crippen LogP contribution >= 0.6 is 11.6 Å². The minimum Gasteiger partial charge on any atom is -0.492 e. The van der Waals surface area contributed by atoms with Gasteiger partial charge in [0, 0.05) is 28.1 Å². The fraction of sp³-hybridized carbons (Fsp3) is 0.400. The highest BCUT2D eigenvalue weighted by Gasteiger charge is 2.41. The number of likely N-dealkylation sites (N-methyl/N-ethyl adjacent to an activating group) is 1. The van der Waals surface area contributed by atoms with E-state index in [2.05, 4.69) is 39.2 Å². The quantitative estimate of drug-likeness (QED) is 0.579. The molecule has 0 saturated heterocycles. The standard InChI is InChI=1S/C25H30ClNO3/c1-6-27(7-2)13-14-29-19-11-12-20-22(16-19)25(4,5)24-21(23(20)28)10-8-9-18(26)15-17(3)30-24/h8-9,11-12,15-16H,3,6-7,10,13-14H2,1-2,4-5H3/b9-8-,18-15+. The van der Waals surface area contributed by atoms with Gasteiger partial charge in [-0.05, 0) is 69.3 Å². The number of rotatable bonds is 6. The van der Waals surface area contributed by atoms with Crippen LogP contribution in [0.2, 0.25) is 0 Å². The SMILES string of the molecule is C=C1/C=C(Cl)\C=C/CC2=C(O1)C(C)(C)c1cc(OCCN(CC)CC)ccc1C2=O. The van der Waals surface area contributed by atoms with Crippen LogP contribution in [0.25, 0.3) is 0 Å². The largest absolute Gasteiger partial charge is 0.492 e. The molecule has 1 heterocycles. The van der Waals surface area contributed by atoms with Gasteiger partial charge in [-0.2, -0.15) is 0 Å². The zero-order chi connectivity index (χ0) is 21.9. The van der Waals surface area contributed by atoms with Crippen molar-refractivity contribution in [3.05, 3.63) is 76.3 Å². The summed E-state index contributed by atoms with van der Waals surface area (Å²) in [6.45, 7) is 15.8. The molecule has 0 aromatic heterocycles. The number of halogens is 1. The number of fused-ring (bicyclic) bond motifs is 1. The molecule has 30 heavy (non-hydrogen) atoms. The Morgan fingerprint density at radius 2 is 2.00 bits per heavy atom. The summed E-state index contributed by atoms with van der Waals surface area (Å²) < 4.78 is 12.1. The highest BCUT2D eigenvalue weighted by molar-refractivity contribution is 6.31. The van der Waals surface area contributed by atoms with Crippen molar-refractivity contribution < 1.29 is 14.3 Å². The molecule has 0 bridgehead atoms. The van der Waals surface area contributed by atoms with Crippen molar-refractivity contribution in [1.82, 2.24) is 4.90 Å². The van der Waals surface area contributed by atoms with Crippen LogP contribution in [-0.4, -0.2) is 36.9 Å². The van der Waals surface area contributed by atoms with Crippen LogP contribution in [0.1, 0.15) is 50.0 Å². The Hall–Kier alpha value is -2.30. The lowest BCUT2D eigenvalue weighted by molar-refractivity contribution is 0.100. The summed E-state index contributed by atoms with van der Waals surface area (Å²) in [6, 6.07) is 5.72. The van der Waals surface area contributed by atoms with Gasteiger partial charge in [0.25, 0.3) is 0 Å². The highest BCUT2D eigenvalue weighted by Crippen LogP contribution is 2.44. The van der Waals surface area contributed by atoms with Gasteiger partial charge in [-0.1, -0.05) is 38.1 Å². The molecular weight excluding hydrogens is 398 g/mol. The second kappa shape index (κ2) is 9.23. The molecule has 2 aliphatic rings. The summed E-state index contributed by atoms with van der Waals surface area (Å²) in [7, 11) is 0. The van der Waals surface area contributed by atoms with E-state index in [1.165, 1.54) is 0 Å². The monoisotopic (exact) mass is 427 g/mol. The molecule has 0 saturated carbocycles. The van der Waals surface area contributed by atoms with E-state index >= 15 is 0 Å².